The molecular weight excluding hydrogens is 294 g/mol. The van der Waals surface area contributed by atoms with Gasteiger partial charge in [-0.05, 0) is 30.7 Å². The molecule has 23 heavy (non-hydrogen) atoms. The van der Waals surface area contributed by atoms with Crippen LogP contribution in [0.4, 0.5) is 17.3 Å². The fourth-order valence-corrected chi connectivity index (χ4v) is 2.05. The summed E-state index contributed by atoms with van der Waals surface area (Å²) in [6.45, 7) is 1.86. The van der Waals surface area contributed by atoms with E-state index in [9.17, 15) is 10.1 Å². The lowest BCUT2D eigenvalue weighted by Crippen LogP contribution is -2.00. The highest BCUT2D eigenvalue weighted by Gasteiger charge is 2.10. The molecule has 0 atom stereocenters. The zero-order valence-electron chi connectivity index (χ0n) is 12.3. The third-order valence-electron chi connectivity index (χ3n) is 3.26. The predicted molar refractivity (Wildman–Crippen MR) is 86.4 cm³/mol. The third kappa shape index (κ3) is 3.29. The summed E-state index contributed by atoms with van der Waals surface area (Å²) < 4.78 is 0. The van der Waals surface area contributed by atoms with Crippen molar-refractivity contribution in [3.63, 3.8) is 0 Å². The van der Waals surface area contributed by atoms with Gasteiger partial charge in [-0.1, -0.05) is 12.1 Å². The molecule has 7 nitrogen and oxygen atoms in total. The molecule has 114 valence electrons. The van der Waals surface area contributed by atoms with Crippen LogP contribution in [0.5, 0.6) is 0 Å². The molecule has 3 rings (SSSR count). The van der Waals surface area contributed by atoms with E-state index in [4.69, 9.17) is 0 Å². The van der Waals surface area contributed by atoms with E-state index in [-0.39, 0.29) is 5.69 Å². The molecule has 0 radical (unpaired) electrons. The number of nitrogens with one attached hydrogen (secondary N) is 1. The van der Waals surface area contributed by atoms with Crippen LogP contribution >= 0.6 is 0 Å². The van der Waals surface area contributed by atoms with Gasteiger partial charge in [-0.15, -0.1) is 0 Å². The highest BCUT2D eigenvalue weighted by molar-refractivity contribution is 5.64. The summed E-state index contributed by atoms with van der Waals surface area (Å²) in [7, 11) is 0. The molecular formula is C16H13N5O2. The van der Waals surface area contributed by atoms with Crippen LogP contribution in [0.3, 0.4) is 0 Å². The number of pyridine rings is 1. The van der Waals surface area contributed by atoms with Gasteiger partial charge < -0.3 is 5.32 Å². The van der Waals surface area contributed by atoms with Gasteiger partial charge in [0.05, 0.1) is 22.0 Å². The first kappa shape index (κ1) is 14.6. The maximum Gasteiger partial charge on any atom is 0.271 e. The zero-order valence-corrected chi connectivity index (χ0v) is 12.3. The summed E-state index contributed by atoms with van der Waals surface area (Å²) in [5.41, 5.74) is 2.87. The van der Waals surface area contributed by atoms with Crippen LogP contribution in [-0.2, 0) is 0 Å². The van der Waals surface area contributed by atoms with Gasteiger partial charge in [-0.3, -0.25) is 15.1 Å². The van der Waals surface area contributed by atoms with Gasteiger partial charge in [0.15, 0.2) is 0 Å². The number of aromatic nitrogens is 3. The van der Waals surface area contributed by atoms with Crippen molar-refractivity contribution in [2.45, 2.75) is 6.92 Å². The number of nitrogens with zero attached hydrogens (tertiary/aromatic N) is 4. The highest BCUT2D eigenvalue weighted by atomic mass is 16.6. The second-order valence-electron chi connectivity index (χ2n) is 4.86. The molecule has 0 unspecified atom stereocenters. The van der Waals surface area contributed by atoms with Gasteiger partial charge in [-0.25, -0.2) is 9.97 Å². The van der Waals surface area contributed by atoms with Crippen LogP contribution in [0.15, 0.2) is 54.9 Å². The van der Waals surface area contributed by atoms with E-state index >= 15 is 0 Å². The Morgan fingerprint density at radius 3 is 2.65 bits per heavy atom. The summed E-state index contributed by atoms with van der Waals surface area (Å²) in [6, 6.07) is 11.9. The molecule has 0 aliphatic rings. The second-order valence-corrected chi connectivity index (χ2v) is 4.86. The number of hydrogen-bond acceptors (Lipinski definition) is 6. The fourth-order valence-electron chi connectivity index (χ4n) is 2.05. The van der Waals surface area contributed by atoms with Crippen LogP contribution in [0.1, 0.15) is 5.56 Å². The molecule has 1 aromatic carbocycles. The van der Waals surface area contributed by atoms with Crippen molar-refractivity contribution in [3.05, 3.63) is 70.5 Å². The Bertz CT molecular complexity index is 852. The molecule has 0 fully saturated rings. The van der Waals surface area contributed by atoms with Gasteiger partial charge in [0, 0.05) is 24.5 Å². The Kier molecular flexibility index (Phi) is 3.92. The Morgan fingerprint density at radius 2 is 1.91 bits per heavy atom. The number of benzene rings is 1. The van der Waals surface area contributed by atoms with Crippen molar-refractivity contribution in [1.29, 1.82) is 0 Å². The van der Waals surface area contributed by atoms with E-state index in [0.29, 0.717) is 17.3 Å². The van der Waals surface area contributed by atoms with Crippen molar-refractivity contribution in [3.8, 4) is 11.4 Å². The Balaban J connectivity index is 1.92. The first-order valence-electron chi connectivity index (χ1n) is 6.90. The number of nitro groups is 1. The molecule has 3 aromatic rings. The number of nitro benzene ring substituents is 1. The fraction of sp³-hybridized carbons (Fsp3) is 0.0625. The van der Waals surface area contributed by atoms with Crippen molar-refractivity contribution >= 4 is 17.3 Å². The minimum atomic E-state index is -0.435. The normalized spacial score (nSPS) is 10.3. The van der Waals surface area contributed by atoms with Crippen molar-refractivity contribution < 1.29 is 4.92 Å². The predicted octanol–water partition coefficient (Wildman–Crippen LogP) is 3.50. The summed E-state index contributed by atoms with van der Waals surface area (Å²) in [6.07, 6.45) is 3.31. The summed E-state index contributed by atoms with van der Waals surface area (Å²) in [5.74, 6) is 0.358. The standard InChI is InChI=1S/C16H13N5O2/c1-11-5-6-12(21(22)23)10-15(11)20-16-18-9-7-14(19-16)13-4-2-3-8-17-13/h2-10H,1H3,(H,18,19,20). The maximum absolute atomic E-state index is 10.9. The van der Waals surface area contributed by atoms with E-state index in [1.54, 1.807) is 24.5 Å². The molecule has 0 saturated carbocycles. The van der Waals surface area contributed by atoms with Crippen molar-refractivity contribution in [1.82, 2.24) is 15.0 Å². The number of rotatable bonds is 4. The Morgan fingerprint density at radius 1 is 1.04 bits per heavy atom. The average molecular weight is 307 g/mol. The molecule has 2 aromatic heterocycles. The zero-order chi connectivity index (χ0) is 16.2. The minimum Gasteiger partial charge on any atom is -0.324 e. The van der Waals surface area contributed by atoms with E-state index in [0.717, 1.165) is 11.3 Å². The van der Waals surface area contributed by atoms with Gasteiger partial charge in [0.2, 0.25) is 5.95 Å². The number of aryl methyl sites for hydroxylation is 1. The smallest absolute Gasteiger partial charge is 0.271 e. The maximum atomic E-state index is 10.9. The summed E-state index contributed by atoms with van der Waals surface area (Å²) in [5, 5.41) is 13.9. The van der Waals surface area contributed by atoms with Gasteiger partial charge in [0.1, 0.15) is 0 Å². The van der Waals surface area contributed by atoms with Gasteiger partial charge >= 0.3 is 0 Å². The molecule has 0 amide bonds. The van der Waals surface area contributed by atoms with E-state index in [1.165, 1.54) is 12.1 Å². The largest absolute Gasteiger partial charge is 0.324 e. The lowest BCUT2D eigenvalue weighted by Gasteiger charge is -2.08. The quantitative estimate of drug-likeness (QED) is 0.585. The topological polar surface area (TPSA) is 93.8 Å². The molecule has 2 heterocycles. The van der Waals surface area contributed by atoms with Gasteiger partial charge in [0.25, 0.3) is 5.69 Å². The Labute approximate surface area is 132 Å². The highest BCUT2D eigenvalue weighted by Crippen LogP contribution is 2.24. The molecule has 0 saturated heterocycles. The van der Waals surface area contributed by atoms with Crippen molar-refractivity contribution in [2.24, 2.45) is 0 Å². The van der Waals surface area contributed by atoms with Crippen LogP contribution < -0.4 is 5.32 Å². The molecule has 1 N–H and O–H groups in total. The SMILES string of the molecule is Cc1ccc([N+](=O)[O-])cc1Nc1nccc(-c2ccccn2)n1. The first-order valence-corrected chi connectivity index (χ1v) is 6.90. The van der Waals surface area contributed by atoms with Gasteiger partial charge in [-0.2, -0.15) is 0 Å². The van der Waals surface area contributed by atoms with Crippen LogP contribution in [0.2, 0.25) is 0 Å². The van der Waals surface area contributed by atoms with Crippen LogP contribution in [-0.4, -0.2) is 19.9 Å². The monoisotopic (exact) mass is 307 g/mol. The molecule has 0 aliphatic heterocycles. The summed E-state index contributed by atoms with van der Waals surface area (Å²) >= 11 is 0. The first-order chi connectivity index (χ1) is 11.1. The molecule has 0 spiro atoms. The van der Waals surface area contributed by atoms with E-state index in [2.05, 4.69) is 20.3 Å². The number of non-ortho nitro benzene ring substituents is 1. The second kappa shape index (κ2) is 6.18. The van der Waals surface area contributed by atoms with Crippen LogP contribution in [0.25, 0.3) is 11.4 Å². The lowest BCUT2D eigenvalue weighted by atomic mass is 10.2. The number of hydrogen-bond donors (Lipinski definition) is 1. The third-order valence-corrected chi connectivity index (χ3v) is 3.26. The molecule has 0 aliphatic carbocycles. The van der Waals surface area contributed by atoms with E-state index in [1.807, 2.05) is 25.1 Å². The van der Waals surface area contributed by atoms with Crippen molar-refractivity contribution in [2.75, 3.05) is 5.32 Å². The van der Waals surface area contributed by atoms with Crippen LogP contribution in [0, 0.1) is 17.0 Å². The Hall–Kier alpha value is -3.35. The molecule has 0 bridgehead atoms. The number of anilines is 2. The molecule has 7 heteroatoms. The average Bonchev–Trinajstić information content (AvgIpc) is 2.58. The summed E-state index contributed by atoms with van der Waals surface area (Å²) in [4.78, 5) is 23.3. The van der Waals surface area contributed by atoms with E-state index < -0.39 is 4.92 Å². The lowest BCUT2D eigenvalue weighted by molar-refractivity contribution is -0.384. The minimum absolute atomic E-state index is 0.0129.